The number of hydrogen-bond acceptors (Lipinski definition) is 2. The van der Waals surface area contributed by atoms with E-state index in [0.717, 1.165) is 3.57 Å². The number of ether oxygens (including phenoxy) is 1. The van der Waals surface area contributed by atoms with Gasteiger partial charge in [-0.25, -0.2) is 9.18 Å². The Morgan fingerprint density at radius 3 is 2.79 bits per heavy atom. The lowest BCUT2D eigenvalue weighted by Crippen LogP contribution is -2.06. The molecule has 0 saturated heterocycles. The number of halogens is 2. The second-order valence-electron chi connectivity index (χ2n) is 3.77. The molecule has 0 aliphatic heterocycles. The van der Waals surface area contributed by atoms with Gasteiger partial charge in [-0.1, -0.05) is 0 Å². The molecule has 0 aliphatic rings. The molecule has 1 aromatic heterocycles. The van der Waals surface area contributed by atoms with Crippen LogP contribution in [0.2, 0.25) is 0 Å². The fourth-order valence-electron chi connectivity index (χ4n) is 1.72. The Morgan fingerprint density at radius 2 is 2.21 bits per heavy atom. The SMILES string of the molecule is CCOc1ccc(-n2cc(I)cc2C(=O)O)cc1F. The van der Waals surface area contributed by atoms with Crippen molar-refractivity contribution in [2.24, 2.45) is 0 Å². The Morgan fingerprint density at radius 1 is 1.47 bits per heavy atom. The molecule has 4 nitrogen and oxygen atoms in total. The lowest BCUT2D eigenvalue weighted by Gasteiger charge is -2.09. The molecule has 0 unspecified atom stereocenters. The summed E-state index contributed by atoms with van der Waals surface area (Å²) in [5.74, 6) is -1.42. The topological polar surface area (TPSA) is 51.5 Å². The summed E-state index contributed by atoms with van der Waals surface area (Å²) in [6.07, 6.45) is 1.64. The van der Waals surface area contributed by atoms with Crippen LogP contribution in [0.4, 0.5) is 4.39 Å². The van der Waals surface area contributed by atoms with Gasteiger partial charge in [0.05, 0.1) is 6.61 Å². The van der Waals surface area contributed by atoms with Crippen LogP contribution in [0, 0.1) is 9.39 Å². The van der Waals surface area contributed by atoms with E-state index in [1.54, 1.807) is 19.2 Å². The normalized spacial score (nSPS) is 10.5. The van der Waals surface area contributed by atoms with E-state index in [4.69, 9.17) is 9.84 Å². The first-order chi connectivity index (χ1) is 9.02. The highest BCUT2D eigenvalue weighted by molar-refractivity contribution is 14.1. The Kier molecular flexibility index (Phi) is 4.08. The van der Waals surface area contributed by atoms with Crippen molar-refractivity contribution >= 4 is 28.6 Å². The smallest absolute Gasteiger partial charge is 0.352 e. The minimum atomic E-state index is -1.06. The highest BCUT2D eigenvalue weighted by Crippen LogP contribution is 2.23. The maximum Gasteiger partial charge on any atom is 0.352 e. The van der Waals surface area contributed by atoms with Gasteiger partial charge in [0.1, 0.15) is 5.69 Å². The maximum atomic E-state index is 13.8. The fraction of sp³-hybridized carbons (Fsp3) is 0.154. The van der Waals surface area contributed by atoms with Gasteiger partial charge in [0.2, 0.25) is 0 Å². The number of hydrogen-bond donors (Lipinski definition) is 1. The molecule has 1 N–H and O–H groups in total. The van der Waals surface area contributed by atoms with E-state index in [9.17, 15) is 9.18 Å². The molecule has 0 spiro atoms. The molecule has 0 bridgehead atoms. The standard InChI is InChI=1S/C13H11FINO3/c1-2-19-12-4-3-9(6-10(12)14)16-7-8(15)5-11(16)13(17)18/h3-7H,2H2,1H3,(H,17,18). The van der Waals surface area contributed by atoms with Crippen molar-refractivity contribution in [3.05, 3.63) is 45.5 Å². The van der Waals surface area contributed by atoms with Crippen LogP contribution in [0.5, 0.6) is 5.75 Å². The first-order valence-electron chi connectivity index (χ1n) is 5.57. The Labute approximate surface area is 122 Å². The molecule has 0 fully saturated rings. The van der Waals surface area contributed by atoms with Gasteiger partial charge >= 0.3 is 5.97 Å². The van der Waals surface area contributed by atoms with Crippen LogP contribution in [0.3, 0.4) is 0 Å². The quantitative estimate of drug-likeness (QED) is 0.835. The van der Waals surface area contributed by atoms with Crippen molar-refractivity contribution in [1.82, 2.24) is 4.57 Å². The first kappa shape index (κ1) is 13.9. The van der Waals surface area contributed by atoms with Crippen molar-refractivity contribution in [1.29, 1.82) is 0 Å². The summed E-state index contributed by atoms with van der Waals surface area (Å²) in [7, 11) is 0. The summed E-state index contributed by atoms with van der Waals surface area (Å²) in [6, 6.07) is 5.90. The third-order valence-corrected chi connectivity index (χ3v) is 3.09. The lowest BCUT2D eigenvalue weighted by molar-refractivity contribution is 0.0688. The van der Waals surface area contributed by atoms with Crippen LogP contribution in [0.1, 0.15) is 17.4 Å². The van der Waals surface area contributed by atoms with E-state index in [1.165, 1.54) is 22.8 Å². The van der Waals surface area contributed by atoms with Gasteiger partial charge in [-0.15, -0.1) is 0 Å². The largest absolute Gasteiger partial charge is 0.491 e. The zero-order valence-electron chi connectivity index (χ0n) is 10.1. The second-order valence-corrected chi connectivity index (χ2v) is 5.01. The highest BCUT2D eigenvalue weighted by Gasteiger charge is 2.14. The zero-order chi connectivity index (χ0) is 14.0. The van der Waals surface area contributed by atoms with E-state index in [0.29, 0.717) is 12.3 Å². The summed E-state index contributed by atoms with van der Waals surface area (Å²) in [4.78, 5) is 11.1. The number of carboxylic acids is 1. The monoisotopic (exact) mass is 375 g/mol. The fourth-order valence-corrected chi connectivity index (χ4v) is 2.29. The molecule has 6 heteroatoms. The molecular weight excluding hydrogens is 364 g/mol. The molecule has 1 aromatic carbocycles. The minimum Gasteiger partial charge on any atom is -0.491 e. The third-order valence-electron chi connectivity index (χ3n) is 2.50. The zero-order valence-corrected chi connectivity index (χ0v) is 12.2. The van der Waals surface area contributed by atoms with Crippen LogP contribution in [-0.2, 0) is 0 Å². The van der Waals surface area contributed by atoms with Gasteiger partial charge in [0, 0.05) is 21.5 Å². The summed E-state index contributed by atoms with van der Waals surface area (Å²) in [5.41, 5.74) is 0.536. The van der Waals surface area contributed by atoms with Crippen molar-refractivity contribution in [3.8, 4) is 11.4 Å². The van der Waals surface area contributed by atoms with Gasteiger partial charge in [0.25, 0.3) is 0 Å². The number of nitrogens with zero attached hydrogens (tertiary/aromatic N) is 1. The number of benzene rings is 1. The van der Waals surface area contributed by atoms with E-state index >= 15 is 0 Å². The molecule has 2 aromatic rings. The third kappa shape index (κ3) is 2.89. The van der Waals surface area contributed by atoms with Crippen LogP contribution in [-0.4, -0.2) is 22.2 Å². The Balaban J connectivity index is 2.48. The Hall–Kier alpha value is -1.57. The molecule has 0 atom stereocenters. The minimum absolute atomic E-state index is 0.0907. The van der Waals surface area contributed by atoms with Crippen LogP contribution < -0.4 is 4.74 Å². The van der Waals surface area contributed by atoms with Gasteiger partial charge in [0.15, 0.2) is 11.6 Å². The molecule has 0 radical (unpaired) electrons. The molecule has 19 heavy (non-hydrogen) atoms. The number of carboxylic acid groups (broad SMARTS) is 1. The van der Waals surface area contributed by atoms with Crippen molar-refractivity contribution < 1.29 is 19.0 Å². The predicted octanol–water partition coefficient (Wildman–Crippen LogP) is 3.32. The number of aromatic carboxylic acids is 1. The van der Waals surface area contributed by atoms with Crippen molar-refractivity contribution in [2.45, 2.75) is 6.92 Å². The van der Waals surface area contributed by atoms with E-state index < -0.39 is 11.8 Å². The molecule has 1 heterocycles. The van der Waals surface area contributed by atoms with Gasteiger partial charge in [-0.3, -0.25) is 0 Å². The lowest BCUT2D eigenvalue weighted by atomic mass is 10.2. The van der Waals surface area contributed by atoms with E-state index in [1.807, 2.05) is 22.6 Å². The summed E-state index contributed by atoms with van der Waals surface area (Å²) >= 11 is 2.01. The van der Waals surface area contributed by atoms with Crippen molar-refractivity contribution in [2.75, 3.05) is 6.61 Å². The molecule has 0 aliphatic carbocycles. The van der Waals surface area contributed by atoms with Crippen LogP contribution in [0.25, 0.3) is 5.69 Å². The van der Waals surface area contributed by atoms with Crippen LogP contribution in [0.15, 0.2) is 30.5 Å². The first-order valence-corrected chi connectivity index (χ1v) is 6.64. The summed E-state index contributed by atoms with van der Waals surface area (Å²) < 4.78 is 21.1. The predicted molar refractivity (Wildman–Crippen MR) is 76.6 cm³/mol. The maximum absolute atomic E-state index is 13.8. The number of rotatable bonds is 4. The van der Waals surface area contributed by atoms with Crippen LogP contribution >= 0.6 is 22.6 Å². The highest BCUT2D eigenvalue weighted by atomic mass is 127. The average Bonchev–Trinajstić information content (AvgIpc) is 2.74. The average molecular weight is 375 g/mol. The number of aromatic nitrogens is 1. The van der Waals surface area contributed by atoms with Gasteiger partial charge < -0.3 is 14.4 Å². The molecule has 0 saturated carbocycles. The van der Waals surface area contributed by atoms with E-state index in [-0.39, 0.29) is 11.4 Å². The van der Waals surface area contributed by atoms with Gasteiger partial charge in [-0.05, 0) is 47.7 Å². The summed E-state index contributed by atoms with van der Waals surface area (Å²) in [6.45, 7) is 2.14. The summed E-state index contributed by atoms with van der Waals surface area (Å²) in [5, 5.41) is 9.11. The second kappa shape index (κ2) is 5.60. The molecule has 100 valence electrons. The molecular formula is C13H11FINO3. The van der Waals surface area contributed by atoms with Gasteiger partial charge in [-0.2, -0.15) is 0 Å². The van der Waals surface area contributed by atoms with Crippen molar-refractivity contribution in [3.63, 3.8) is 0 Å². The molecule has 0 amide bonds. The number of carbonyl (C=O) groups is 1. The Bertz CT molecular complexity index is 624. The molecule has 2 rings (SSSR count). The van der Waals surface area contributed by atoms with E-state index in [2.05, 4.69) is 0 Å².